The van der Waals surface area contributed by atoms with Crippen LogP contribution in [0.3, 0.4) is 0 Å². The van der Waals surface area contributed by atoms with Crippen LogP contribution in [0.2, 0.25) is 0 Å². The van der Waals surface area contributed by atoms with Crippen LogP contribution in [0.25, 0.3) is 100.0 Å². The first-order valence-corrected chi connectivity index (χ1v) is 17.0. The highest BCUT2D eigenvalue weighted by Gasteiger charge is 2.21. The van der Waals surface area contributed by atoms with Crippen LogP contribution in [0.15, 0.2) is 168 Å². The van der Waals surface area contributed by atoms with E-state index < -0.39 is 0 Å². The molecule has 0 amide bonds. The summed E-state index contributed by atoms with van der Waals surface area (Å²) >= 11 is 0. The van der Waals surface area contributed by atoms with E-state index in [-0.39, 0.29) is 0 Å². The van der Waals surface area contributed by atoms with E-state index in [9.17, 15) is 0 Å². The van der Waals surface area contributed by atoms with Crippen LogP contribution >= 0.6 is 0 Å². The third-order valence-electron chi connectivity index (χ3n) is 9.99. The number of benzene rings is 7. The molecule has 0 fully saturated rings. The van der Waals surface area contributed by atoms with Crippen LogP contribution in [0.5, 0.6) is 0 Å². The molecule has 6 heteroatoms. The van der Waals surface area contributed by atoms with Gasteiger partial charge < -0.3 is 8.98 Å². The van der Waals surface area contributed by atoms with Gasteiger partial charge in [0.2, 0.25) is 5.95 Å². The number of para-hydroxylation sites is 4. The van der Waals surface area contributed by atoms with Gasteiger partial charge in [-0.25, -0.2) is 4.98 Å². The number of furan rings is 1. The summed E-state index contributed by atoms with van der Waals surface area (Å²) in [5, 5.41) is 6.71. The van der Waals surface area contributed by atoms with Gasteiger partial charge in [-0.2, -0.15) is 9.97 Å². The number of nitrogens with zero attached hydrogens (tertiary/aromatic N) is 5. The van der Waals surface area contributed by atoms with E-state index in [1.807, 2.05) is 42.5 Å². The first kappa shape index (κ1) is 27.9. The topological polar surface area (TPSA) is 61.7 Å². The van der Waals surface area contributed by atoms with E-state index in [2.05, 4.69) is 130 Å². The number of fused-ring (bicyclic) bond motifs is 9. The van der Waals surface area contributed by atoms with Gasteiger partial charge in [0, 0.05) is 49.1 Å². The summed E-state index contributed by atoms with van der Waals surface area (Å²) in [6.45, 7) is 0. The second-order valence-corrected chi connectivity index (χ2v) is 12.8. The van der Waals surface area contributed by atoms with Crippen molar-refractivity contribution in [2.45, 2.75) is 0 Å². The van der Waals surface area contributed by atoms with E-state index in [0.717, 1.165) is 71.6 Å². The van der Waals surface area contributed by atoms with Gasteiger partial charge >= 0.3 is 0 Å². The summed E-state index contributed by atoms with van der Waals surface area (Å²) in [7, 11) is 0. The first-order chi connectivity index (χ1) is 25.3. The van der Waals surface area contributed by atoms with Gasteiger partial charge in [0.25, 0.3) is 0 Å². The minimum Gasteiger partial charge on any atom is -0.456 e. The number of hydrogen-bond donors (Lipinski definition) is 0. The van der Waals surface area contributed by atoms with E-state index >= 15 is 0 Å². The van der Waals surface area contributed by atoms with Crippen molar-refractivity contribution in [3.63, 3.8) is 0 Å². The predicted octanol–water partition coefficient (Wildman–Crippen LogP) is 11.3. The zero-order valence-corrected chi connectivity index (χ0v) is 27.2. The second-order valence-electron chi connectivity index (χ2n) is 12.8. The Bertz CT molecular complexity index is 3040. The van der Waals surface area contributed by atoms with E-state index in [0.29, 0.717) is 17.6 Å². The molecule has 0 N–H and O–H groups in total. The zero-order valence-electron chi connectivity index (χ0n) is 27.2. The minimum absolute atomic E-state index is 0.562. The Hall–Kier alpha value is -7.05. The Morgan fingerprint density at radius 3 is 1.57 bits per heavy atom. The standard InChI is InChI=1S/C45H27N5O/c1-2-13-28(14-3-1)43-46-44(48-45(47-43)50-38-22-10-6-17-32(38)33-18-7-11-23-39(33)50)34-19-12-24-41-42(34)35-27-29(25-26-40(35)51-41)49-36-20-8-4-15-30(36)31-16-5-9-21-37(31)49/h1-27H. The average Bonchev–Trinajstić information content (AvgIpc) is 3.85. The fourth-order valence-corrected chi connectivity index (χ4v) is 7.78. The summed E-state index contributed by atoms with van der Waals surface area (Å²) in [6, 6.07) is 56.7. The smallest absolute Gasteiger partial charge is 0.238 e. The lowest BCUT2D eigenvalue weighted by Crippen LogP contribution is -2.06. The molecule has 0 saturated heterocycles. The Kier molecular flexibility index (Phi) is 5.86. The maximum atomic E-state index is 6.51. The summed E-state index contributed by atoms with van der Waals surface area (Å²) in [5.41, 5.74) is 8.84. The van der Waals surface area contributed by atoms with Gasteiger partial charge in [0.1, 0.15) is 11.2 Å². The van der Waals surface area contributed by atoms with Crippen molar-refractivity contribution >= 4 is 65.6 Å². The van der Waals surface area contributed by atoms with Gasteiger partial charge in [0.15, 0.2) is 11.6 Å². The molecule has 51 heavy (non-hydrogen) atoms. The molecular weight excluding hydrogens is 627 g/mol. The third kappa shape index (κ3) is 4.14. The molecule has 7 aromatic carbocycles. The van der Waals surface area contributed by atoms with Gasteiger partial charge in [-0.05, 0) is 48.5 Å². The highest BCUT2D eigenvalue weighted by Crippen LogP contribution is 2.39. The predicted molar refractivity (Wildman–Crippen MR) is 207 cm³/mol. The zero-order chi connectivity index (χ0) is 33.5. The van der Waals surface area contributed by atoms with Crippen LogP contribution in [-0.4, -0.2) is 24.1 Å². The first-order valence-electron chi connectivity index (χ1n) is 17.0. The molecule has 0 spiro atoms. The van der Waals surface area contributed by atoms with E-state index in [1.54, 1.807) is 0 Å². The molecule has 0 bridgehead atoms. The molecule has 0 unspecified atom stereocenters. The lowest BCUT2D eigenvalue weighted by molar-refractivity contribution is 0.669. The van der Waals surface area contributed by atoms with Gasteiger partial charge in [-0.1, -0.05) is 115 Å². The minimum atomic E-state index is 0.562. The molecule has 238 valence electrons. The van der Waals surface area contributed by atoms with Crippen molar-refractivity contribution in [2.75, 3.05) is 0 Å². The molecule has 4 heterocycles. The van der Waals surface area contributed by atoms with Crippen molar-refractivity contribution in [2.24, 2.45) is 0 Å². The van der Waals surface area contributed by atoms with Crippen molar-refractivity contribution in [3.8, 4) is 34.4 Å². The van der Waals surface area contributed by atoms with Gasteiger partial charge in [0.05, 0.1) is 22.1 Å². The van der Waals surface area contributed by atoms with Crippen LogP contribution in [-0.2, 0) is 0 Å². The molecule has 0 atom stereocenters. The lowest BCUT2D eigenvalue weighted by Gasteiger charge is -2.11. The third-order valence-corrected chi connectivity index (χ3v) is 9.99. The molecule has 0 aliphatic heterocycles. The normalized spacial score (nSPS) is 11.9. The quantitative estimate of drug-likeness (QED) is 0.190. The van der Waals surface area contributed by atoms with Gasteiger partial charge in [-0.3, -0.25) is 4.57 Å². The molecule has 6 nitrogen and oxygen atoms in total. The summed E-state index contributed by atoms with van der Waals surface area (Å²) in [6.07, 6.45) is 0. The fraction of sp³-hybridized carbons (Fsp3) is 0. The molecule has 0 saturated carbocycles. The highest BCUT2D eigenvalue weighted by atomic mass is 16.3. The van der Waals surface area contributed by atoms with E-state index in [1.165, 1.54) is 10.8 Å². The van der Waals surface area contributed by atoms with Crippen molar-refractivity contribution < 1.29 is 4.42 Å². The van der Waals surface area contributed by atoms with Crippen LogP contribution in [0, 0.1) is 0 Å². The lowest BCUT2D eigenvalue weighted by atomic mass is 10.0. The SMILES string of the molecule is c1ccc(-c2nc(-c3cccc4oc5ccc(-n6c7ccccc7c7ccccc76)cc5c34)nc(-n3c4ccccc4c4ccccc43)n2)cc1. The van der Waals surface area contributed by atoms with E-state index in [4.69, 9.17) is 19.4 Å². The fourth-order valence-electron chi connectivity index (χ4n) is 7.78. The molecular formula is C45H27N5O. The second kappa shape index (κ2) is 10.7. The average molecular weight is 654 g/mol. The summed E-state index contributed by atoms with van der Waals surface area (Å²) in [4.78, 5) is 15.5. The number of hydrogen-bond acceptors (Lipinski definition) is 4. The molecule has 4 aromatic heterocycles. The highest BCUT2D eigenvalue weighted by molar-refractivity contribution is 6.14. The molecule has 0 radical (unpaired) electrons. The summed E-state index contributed by atoms with van der Waals surface area (Å²) in [5.74, 6) is 1.75. The van der Waals surface area contributed by atoms with Crippen molar-refractivity contribution in [1.82, 2.24) is 24.1 Å². The maximum absolute atomic E-state index is 6.51. The number of aromatic nitrogens is 5. The molecule has 11 aromatic rings. The Labute approximate surface area is 291 Å². The molecule has 11 rings (SSSR count). The number of rotatable bonds is 4. The van der Waals surface area contributed by atoms with Crippen LogP contribution < -0.4 is 0 Å². The van der Waals surface area contributed by atoms with Crippen LogP contribution in [0.4, 0.5) is 0 Å². The summed E-state index contributed by atoms with van der Waals surface area (Å²) < 4.78 is 11.0. The molecule has 0 aliphatic rings. The molecule has 0 aliphatic carbocycles. The Morgan fingerprint density at radius 1 is 0.392 bits per heavy atom. The van der Waals surface area contributed by atoms with Crippen molar-refractivity contribution in [1.29, 1.82) is 0 Å². The maximum Gasteiger partial charge on any atom is 0.238 e. The van der Waals surface area contributed by atoms with Crippen LogP contribution in [0.1, 0.15) is 0 Å². The largest absolute Gasteiger partial charge is 0.456 e. The Morgan fingerprint density at radius 2 is 0.941 bits per heavy atom. The Balaban J connectivity index is 1.19. The van der Waals surface area contributed by atoms with Gasteiger partial charge in [-0.15, -0.1) is 0 Å². The monoisotopic (exact) mass is 653 g/mol. The van der Waals surface area contributed by atoms with Crippen molar-refractivity contribution in [3.05, 3.63) is 164 Å².